The summed E-state index contributed by atoms with van der Waals surface area (Å²) in [6, 6.07) is 5.63. The molecule has 21 heavy (non-hydrogen) atoms. The molecule has 6 heteroatoms. The van der Waals surface area contributed by atoms with Crippen LogP contribution in [0.3, 0.4) is 0 Å². The van der Waals surface area contributed by atoms with Crippen molar-refractivity contribution in [3.8, 4) is 0 Å². The zero-order chi connectivity index (χ0) is 15.4. The van der Waals surface area contributed by atoms with Gasteiger partial charge < -0.3 is 10.2 Å². The number of rotatable bonds is 5. The van der Waals surface area contributed by atoms with Gasteiger partial charge in [-0.05, 0) is 36.7 Å². The number of piperazine rings is 1. The van der Waals surface area contributed by atoms with E-state index in [4.69, 9.17) is 0 Å². The van der Waals surface area contributed by atoms with Crippen LogP contribution in [0.2, 0.25) is 0 Å². The number of hydrogen-bond acceptors (Lipinski definition) is 4. The van der Waals surface area contributed by atoms with Gasteiger partial charge in [0.2, 0.25) is 11.8 Å². The number of nitrogens with zero attached hydrogens (tertiary/aromatic N) is 1. The third-order valence-corrected chi connectivity index (χ3v) is 4.05. The summed E-state index contributed by atoms with van der Waals surface area (Å²) in [6.07, 6.45) is 0.663. The van der Waals surface area contributed by atoms with Crippen LogP contribution in [0.1, 0.15) is 25.8 Å². The van der Waals surface area contributed by atoms with Gasteiger partial charge in [0.15, 0.2) is 0 Å². The third-order valence-electron chi connectivity index (χ3n) is 3.56. The first-order valence-electron chi connectivity index (χ1n) is 7.16. The summed E-state index contributed by atoms with van der Waals surface area (Å²) in [6.45, 7) is 5.78. The van der Waals surface area contributed by atoms with Crippen LogP contribution in [0.5, 0.6) is 0 Å². The molecule has 0 radical (unpaired) electrons. The van der Waals surface area contributed by atoms with Crippen molar-refractivity contribution in [3.05, 3.63) is 28.2 Å². The van der Waals surface area contributed by atoms with Crippen molar-refractivity contribution in [2.45, 2.75) is 32.9 Å². The summed E-state index contributed by atoms with van der Waals surface area (Å²) in [5.41, 5.74) is 2.02. The monoisotopic (exact) mass is 353 g/mol. The van der Waals surface area contributed by atoms with Gasteiger partial charge in [0.1, 0.15) is 6.04 Å². The highest BCUT2D eigenvalue weighted by Crippen LogP contribution is 2.28. The second-order valence-corrected chi connectivity index (χ2v) is 5.93. The largest absolute Gasteiger partial charge is 0.350 e. The van der Waals surface area contributed by atoms with Gasteiger partial charge in [0.05, 0.1) is 6.54 Å². The fourth-order valence-corrected chi connectivity index (χ4v) is 2.97. The minimum Gasteiger partial charge on any atom is -0.350 e. The lowest BCUT2D eigenvalue weighted by molar-refractivity contribution is -0.132. The van der Waals surface area contributed by atoms with Crippen molar-refractivity contribution in [3.63, 3.8) is 0 Å². The average Bonchev–Trinajstić information content (AvgIpc) is 2.44. The van der Waals surface area contributed by atoms with Crippen LogP contribution < -0.4 is 15.5 Å². The first-order chi connectivity index (χ1) is 10.1. The molecule has 2 N–H and O–H groups in total. The molecule has 2 amide bonds. The van der Waals surface area contributed by atoms with Crippen molar-refractivity contribution < 1.29 is 9.59 Å². The molecule has 0 bridgehead atoms. The fourth-order valence-electron chi connectivity index (χ4n) is 2.56. The van der Waals surface area contributed by atoms with Gasteiger partial charge in [-0.25, -0.2) is 0 Å². The van der Waals surface area contributed by atoms with E-state index < -0.39 is 0 Å². The second-order valence-electron chi connectivity index (χ2n) is 5.02. The van der Waals surface area contributed by atoms with Crippen molar-refractivity contribution in [1.82, 2.24) is 10.6 Å². The first kappa shape index (κ1) is 16.0. The number of benzene rings is 1. The van der Waals surface area contributed by atoms with Gasteiger partial charge in [0.25, 0.3) is 0 Å². The Labute approximate surface area is 133 Å². The Hall–Kier alpha value is -1.40. The van der Waals surface area contributed by atoms with E-state index in [1.54, 1.807) is 0 Å². The van der Waals surface area contributed by atoms with E-state index in [0.717, 1.165) is 22.3 Å². The Morgan fingerprint density at radius 3 is 2.81 bits per heavy atom. The molecule has 1 aromatic carbocycles. The number of nitrogens with one attached hydrogen (secondary N) is 2. The van der Waals surface area contributed by atoms with E-state index in [-0.39, 0.29) is 24.4 Å². The van der Waals surface area contributed by atoms with Gasteiger partial charge in [0, 0.05) is 16.7 Å². The highest BCUT2D eigenvalue weighted by atomic mass is 79.9. The van der Waals surface area contributed by atoms with E-state index in [2.05, 4.69) is 26.6 Å². The minimum atomic E-state index is -0.302. The summed E-state index contributed by atoms with van der Waals surface area (Å²) in [4.78, 5) is 25.6. The van der Waals surface area contributed by atoms with Crippen molar-refractivity contribution in [2.75, 3.05) is 18.0 Å². The van der Waals surface area contributed by atoms with Crippen LogP contribution in [0.25, 0.3) is 0 Å². The van der Waals surface area contributed by atoms with Crippen LogP contribution in [0.4, 0.5) is 5.69 Å². The summed E-state index contributed by atoms with van der Waals surface area (Å²) >= 11 is 3.48. The molecule has 1 aromatic rings. The Kier molecular flexibility index (Phi) is 5.36. The Bertz CT molecular complexity index is 548. The number of anilines is 1. The summed E-state index contributed by atoms with van der Waals surface area (Å²) in [5, 5.41) is 5.70. The Morgan fingerprint density at radius 1 is 1.38 bits per heavy atom. The predicted octanol–water partition coefficient (Wildman–Crippen LogP) is 1.80. The molecule has 2 rings (SSSR count). The van der Waals surface area contributed by atoms with Crippen LogP contribution in [-0.2, 0) is 16.1 Å². The Morgan fingerprint density at radius 2 is 2.14 bits per heavy atom. The third kappa shape index (κ3) is 3.63. The molecular formula is C15H20BrN3O2. The standard InChI is InChI=1S/C15H20BrN3O2/c1-3-12-15(21)18-14(20)9-19(12)13-6-5-11(16)7-10(13)8-17-4-2/h5-7,12,17H,3-4,8-9H2,1-2H3,(H,18,20,21). The molecule has 1 unspecified atom stereocenters. The van der Waals surface area contributed by atoms with Crippen LogP contribution in [0.15, 0.2) is 22.7 Å². The van der Waals surface area contributed by atoms with Gasteiger partial charge in [-0.3, -0.25) is 14.9 Å². The number of hydrogen-bond donors (Lipinski definition) is 2. The van der Waals surface area contributed by atoms with Crippen LogP contribution in [-0.4, -0.2) is 30.9 Å². The van der Waals surface area contributed by atoms with E-state index in [0.29, 0.717) is 13.0 Å². The summed E-state index contributed by atoms with van der Waals surface area (Å²) in [5.74, 6) is -0.465. The SMILES string of the molecule is CCNCc1cc(Br)ccc1N1CC(=O)NC(=O)C1CC. The fraction of sp³-hybridized carbons (Fsp3) is 0.467. The molecule has 1 aliphatic rings. The van der Waals surface area contributed by atoms with E-state index in [1.807, 2.05) is 36.9 Å². The van der Waals surface area contributed by atoms with E-state index in [9.17, 15) is 9.59 Å². The molecule has 0 aliphatic carbocycles. The average molecular weight is 354 g/mol. The van der Waals surface area contributed by atoms with Gasteiger partial charge in [-0.15, -0.1) is 0 Å². The lowest BCUT2D eigenvalue weighted by atomic mass is 10.0. The maximum Gasteiger partial charge on any atom is 0.249 e. The molecule has 0 aromatic heterocycles. The lowest BCUT2D eigenvalue weighted by Crippen LogP contribution is -2.58. The number of halogens is 1. The zero-order valence-electron chi connectivity index (χ0n) is 12.3. The molecule has 1 heterocycles. The first-order valence-corrected chi connectivity index (χ1v) is 7.95. The molecule has 0 saturated carbocycles. The molecular weight excluding hydrogens is 334 g/mol. The summed E-state index contributed by atoms with van der Waals surface area (Å²) in [7, 11) is 0. The van der Waals surface area contributed by atoms with Crippen molar-refractivity contribution in [2.24, 2.45) is 0 Å². The summed E-state index contributed by atoms with van der Waals surface area (Å²) < 4.78 is 0.986. The number of amides is 2. The lowest BCUT2D eigenvalue weighted by Gasteiger charge is -2.36. The minimum absolute atomic E-state index is 0.213. The maximum absolute atomic E-state index is 12.0. The van der Waals surface area contributed by atoms with Gasteiger partial charge in [-0.1, -0.05) is 29.8 Å². The van der Waals surface area contributed by atoms with Crippen molar-refractivity contribution >= 4 is 33.4 Å². The van der Waals surface area contributed by atoms with Crippen LogP contribution >= 0.6 is 15.9 Å². The molecule has 1 aliphatic heterocycles. The highest BCUT2D eigenvalue weighted by Gasteiger charge is 2.33. The highest BCUT2D eigenvalue weighted by molar-refractivity contribution is 9.10. The number of carbonyl (C=O) groups is 2. The maximum atomic E-state index is 12.0. The second kappa shape index (κ2) is 7.04. The molecule has 0 spiro atoms. The Balaban J connectivity index is 2.37. The van der Waals surface area contributed by atoms with E-state index in [1.165, 1.54) is 0 Å². The number of carbonyl (C=O) groups excluding carboxylic acids is 2. The molecule has 1 atom stereocenters. The van der Waals surface area contributed by atoms with Crippen molar-refractivity contribution in [1.29, 1.82) is 0 Å². The van der Waals surface area contributed by atoms with Gasteiger partial charge in [-0.2, -0.15) is 0 Å². The normalized spacial score (nSPS) is 18.8. The molecule has 1 saturated heterocycles. The van der Waals surface area contributed by atoms with E-state index >= 15 is 0 Å². The molecule has 1 fully saturated rings. The predicted molar refractivity (Wildman–Crippen MR) is 86.1 cm³/mol. The smallest absolute Gasteiger partial charge is 0.249 e. The quantitative estimate of drug-likeness (QED) is 0.792. The van der Waals surface area contributed by atoms with Gasteiger partial charge >= 0.3 is 0 Å². The zero-order valence-corrected chi connectivity index (χ0v) is 13.9. The van der Waals surface area contributed by atoms with Crippen LogP contribution in [0, 0.1) is 0 Å². The molecule has 5 nitrogen and oxygen atoms in total. The topological polar surface area (TPSA) is 61.4 Å². The molecule has 114 valence electrons. The number of imide groups is 1.